The SMILES string of the molecule is N=C(N)NCCC[C@H](NC(=O)[C@H](CCCNC(=N)N)NC(=O)[C@H](CCC(N)=O)NC(=O)[C@H](CCCNC(=N)N)NC(=O)[C@H](CCCNC(=N)N)NC(=O)[C@H](CCCNC(=N)N)NC(=O)[C@H](CCCCN)NC(=O)[C@H](CCCCN)NC(=O)[C@H](CCCNC(=N)N)NC(=O)CNC(=O)[C@@H](N)Cc1ccc(O)cc1)C(N)=O. The lowest BCUT2D eigenvalue weighted by Gasteiger charge is -2.28. The van der Waals surface area contributed by atoms with Gasteiger partial charge in [-0.15, -0.1) is 0 Å². The second kappa shape index (κ2) is 54.7. The first-order chi connectivity index (χ1) is 52.1. The maximum atomic E-state index is 14.9. The summed E-state index contributed by atoms with van der Waals surface area (Å²) in [5, 5.41) is 96.5. The van der Waals surface area contributed by atoms with Crippen molar-refractivity contribution in [3.63, 3.8) is 0 Å². The van der Waals surface area contributed by atoms with Crippen molar-refractivity contribution in [3.05, 3.63) is 29.8 Å². The molecular weight excluding hydrogens is 1440 g/mol. The number of primary amides is 2. The molecule has 10 atom stereocenters. The number of nitrogens with two attached hydrogens (primary N) is 11. The van der Waals surface area contributed by atoms with Crippen LogP contribution in [-0.4, -0.2) is 231 Å². The Balaban J connectivity index is 3.88. The zero-order valence-electron chi connectivity index (χ0n) is 62.0. The van der Waals surface area contributed by atoms with Gasteiger partial charge in [-0.2, -0.15) is 0 Å². The van der Waals surface area contributed by atoms with E-state index in [-0.39, 0.29) is 179 Å². The summed E-state index contributed by atoms with van der Waals surface area (Å²) < 4.78 is 0. The van der Waals surface area contributed by atoms with Gasteiger partial charge in [-0.3, -0.25) is 90.0 Å². The van der Waals surface area contributed by atoms with Crippen LogP contribution >= 0.6 is 0 Å². The number of hydrogen-bond donors (Lipinski definition) is 34. The molecule has 618 valence electrons. The number of amides is 12. The van der Waals surface area contributed by atoms with E-state index in [4.69, 9.17) is 95.5 Å². The monoisotopic (exact) mass is 1560 g/mol. The Morgan fingerprint density at radius 1 is 0.318 bits per heavy atom. The van der Waals surface area contributed by atoms with Crippen molar-refractivity contribution < 1.29 is 62.6 Å². The van der Waals surface area contributed by atoms with E-state index in [9.17, 15) is 62.6 Å². The number of unbranched alkanes of at least 4 members (excludes halogenated alkanes) is 2. The van der Waals surface area contributed by atoms with Crippen molar-refractivity contribution in [3.8, 4) is 5.75 Å². The molecule has 0 spiro atoms. The molecule has 1 aromatic carbocycles. The molecule has 0 aliphatic carbocycles. The average molecular weight is 1560 g/mol. The van der Waals surface area contributed by atoms with Gasteiger partial charge in [-0.1, -0.05) is 12.1 Å². The standard InChI is InChI=1S/C64H119N33O13/c65-25-3-1-11-40(91-51(103)39(14-6-28-83-60(72)73)89-48(100)34-88-50(102)37(67)33-35-19-21-36(98)22-20-35)53(105)92-41(12-2-4-26-66)54(106)93-43(16-8-30-85-62(76)77)55(107)94-44(17-9-31-86-63(78)79)56(108)95-45(18-10-32-87-64(80)81)57(109)97-46(23-24-47(68)99)58(110)96-42(15-7-29-84-61(74)75)52(104)90-38(49(69)101)13-5-27-82-59(70)71/h19-22,37-46,98H,1-18,23-34,65-67H2,(H2,68,99)(H2,69,101)(H,88,102)(H,89,100)(H,90,104)(H,91,103)(H,92,105)(H,93,106)(H,94,107)(H,95,108)(H,96,110)(H,97,109)(H4,70,71,82)(H4,72,73,83)(H4,74,75,84)(H4,76,77,85)(H4,78,79,86)(H4,80,81,87)/t37-,38-,39-,40-,41-,42-,43-,44-,45-,46-/m0/s1. The molecule has 0 unspecified atom stereocenters. The fraction of sp³-hybridized carbons (Fsp3) is 0.625. The molecule has 1 aromatic rings. The minimum absolute atomic E-state index is 0.00203. The van der Waals surface area contributed by atoms with Crippen LogP contribution in [0.1, 0.15) is 134 Å². The molecule has 110 heavy (non-hydrogen) atoms. The molecule has 46 nitrogen and oxygen atoms in total. The van der Waals surface area contributed by atoms with Crippen molar-refractivity contribution in [1.82, 2.24) is 85.1 Å². The number of phenolic OH excluding ortho intramolecular Hbond substituents is 1. The summed E-state index contributed by atoms with van der Waals surface area (Å²) in [6.45, 7) is -0.150. The normalized spacial score (nSPS) is 13.5. The third-order valence-corrected chi connectivity index (χ3v) is 16.4. The maximum absolute atomic E-state index is 14.9. The van der Waals surface area contributed by atoms with Crippen LogP contribution in [0.2, 0.25) is 0 Å². The Kier molecular flexibility index (Phi) is 47.8. The number of hydrogen-bond acceptors (Lipinski definition) is 22. The van der Waals surface area contributed by atoms with Crippen LogP contribution < -0.4 is 148 Å². The van der Waals surface area contributed by atoms with E-state index in [0.29, 0.717) is 18.4 Å². The van der Waals surface area contributed by atoms with Gasteiger partial charge in [0.1, 0.15) is 60.1 Å². The molecule has 0 bridgehead atoms. The van der Waals surface area contributed by atoms with Crippen molar-refractivity contribution in [1.29, 1.82) is 32.5 Å². The number of nitrogens with one attached hydrogen (secondary N) is 22. The van der Waals surface area contributed by atoms with Crippen molar-refractivity contribution >= 4 is 107 Å². The summed E-state index contributed by atoms with van der Waals surface area (Å²) >= 11 is 0. The molecule has 0 radical (unpaired) electrons. The smallest absolute Gasteiger partial charge is 0.243 e. The number of phenols is 1. The number of guanidine groups is 6. The van der Waals surface area contributed by atoms with Gasteiger partial charge in [-0.05, 0) is 159 Å². The van der Waals surface area contributed by atoms with Gasteiger partial charge in [-0.25, -0.2) is 0 Å². The topological polar surface area (TPSA) is 847 Å². The molecule has 0 saturated heterocycles. The minimum atomic E-state index is -1.69. The van der Waals surface area contributed by atoms with E-state index in [1.54, 1.807) is 12.1 Å². The average Bonchev–Trinajstić information content (AvgIpc) is 0.867. The Labute approximate surface area is 637 Å². The van der Waals surface area contributed by atoms with Crippen LogP contribution in [0.4, 0.5) is 0 Å². The number of aromatic hydroxyl groups is 1. The number of benzene rings is 1. The number of rotatable bonds is 58. The number of carbonyl (C=O) groups excluding carboxylic acids is 12. The first kappa shape index (κ1) is 96.2. The highest BCUT2D eigenvalue weighted by molar-refractivity contribution is 5.99. The lowest BCUT2D eigenvalue weighted by Crippen LogP contribution is -2.60. The Hall–Kier alpha value is -11.8. The van der Waals surface area contributed by atoms with Gasteiger partial charge in [0.25, 0.3) is 0 Å². The first-order valence-corrected chi connectivity index (χ1v) is 36.1. The predicted octanol–water partition coefficient (Wildman–Crippen LogP) is -10.7. The van der Waals surface area contributed by atoms with Gasteiger partial charge in [0, 0.05) is 45.7 Å². The Bertz CT molecular complexity index is 3200. The minimum Gasteiger partial charge on any atom is -0.508 e. The molecule has 0 saturated carbocycles. The molecule has 0 aliphatic heterocycles. The highest BCUT2D eigenvalue weighted by Gasteiger charge is 2.36. The molecule has 45 N–H and O–H groups in total. The van der Waals surface area contributed by atoms with Crippen molar-refractivity contribution in [2.75, 3.05) is 58.9 Å². The van der Waals surface area contributed by atoms with Gasteiger partial charge >= 0.3 is 0 Å². The van der Waals surface area contributed by atoms with Crippen molar-refractivity contribution in [2.24, 2.45) is 63.1 Å². The van der Waals surface area contributed by atoms with Gasteiger partial charge in [0.2, 0.25) is 70.9 Å². The fourth-order valence-electron chi connectivity index (χ4n) is 10.6. The van der Waals surface area contributed by atoms with Crippen LogP contribution in [0, 0.1) is 32.5 Å². The van der Waals surface area contributed by atoms with Crippen molar-refractivity contribution in [2.45, 2.75) is 195 Å². The maximum Gasteiger partial charge on any atom is 0.243 e. The number of carbonyl (C=O) groups is 12. The predicted molar refractivity (Wildman–Crippen MR) is 409 cm³/mol. The van der Waals surface area contributed by atoms with Crippen LogP contribution in [0.5, 0.6) is 5.75 Å². The summed E-state index contributed by atoms with van der Waals surface area (Å²) in [4.78, 5) is 168. The molecule has 0 fully saturated rings. The third kappa shape index (κ3) is 44.3. The molecule has 12 amide bonds. The first-order valence-electron chi connectivity index (χ1n) is 36.1. The molecule has 46 heteroatoms. The third-order valence-electron chi connectivity index (χ3n) is 16.4. The lowest BCUT2D eigenvalue weighted by atomic mass is 10.0. The van der Waals surface area contributed by atoms with E-state index < -0.39 is 175 Å². The summed E-state index contributed by atoms with van der Waals surface area (Å²) in [7, 11) is 0. The summed E-state index contributed by atoms with van der Waals surface area (Å²) in [5.74, 6) is -13.6. The van der Waals surface area contributed by atoms with E-state index in [2.05, 4.69) is 85.1 Å². The van der Waals surface area contributed by atoms with Crippen LogP contribution in [0.15, 0.2) is 24.3 Å². The lowest BCUT2D eigenvalue weighted by molar-refractivity contribution is -0.136. The summed E-state index contributed by atoms with van der Waals surface area (Å²) in [6, 6.07) is -8.60. The molecule has 0 aromatic heterocycles. The van der Waals surface area contributed by atoms with Crippen LogP contribution in [0.3, 0.4) is 0 Å². The fourth-order valence-corrected chi connectivity index (χ4v) is 10.6. The van der Waals surface area contributed by atoms with E-state index >= 15 is 0 Å². The second-order valence-corrected chi connectivity index (χ2v) is 25.7. The van der Waals surface area contributed by atoms with E-state index in [1.807, 2.05) is 0 Å². The summed E-state index contributed by atoms with van der Waals surface area (Å²) in [5.41, 5.74) is 62.4. The Morgan fingerprint density at radius 2 is 0.564 bits per heavy atom. The second-order valence-electron chi connectivity index (χ2n) is 25.7. The molecule has 0 heterocycles. The van der Waals surface area contributed by atoms with Gasteiger partial charge < -0.3 is 153 Å². The van der Waals surface area contributed by atoms with Gasteiger partial charge in [0.05, 0.1) is 12.6 Å². The highest BCUT2D eigenvalue weighted by atomic mass is 16.3. The van der Waals surface area contributed by atoms with Gasteiger partial charge in [0.15, 0.2) is 35.8 Å². The summed E-state index contributed by atoms with van der Waals surface area (Å²) in [6.07, 6.45) is -0.464. The molecule has 0 aliphatic rings. The zero-order chi connectivity index (χ0) is 82.7. The molecular formula is C64H119N33O13. The molecule has 1 rings (SSSR count). The quantitative estimate of drug-likeness (QED) is 0.0164. The largest absolute Gasteiger partial charge is 0.508 e. The highest BCUT2D eigenvalue weighted by Crippen LogP contribution is 2.14. The van der Waals surface area contributed by atoms with Crippen LogP contribution in [-0.2, 0) is 64.0 Å². The zero-order valence-corrected chi connectivity index (χ0v) is 62.0. The Morgan fingerprint density at radius 3 is 0.818 bits per heavy atom. The van der Waals surface area contributed by atoms with Crippen LogP contribution in [0.25, 0.3) is 0 Å². The van der Waals surface area contributed by atoms with E-state index in [1.165, 1.54) is 12.1 Å². The van der Waals surface area contributed by atoms with E-state index in [0.717, 1.165) is 0 Å².